The van der Waals surface area contributed by atoms with Gasteiger partial charge in [0.1, 0.15) is 36.3 Å². The average Bonchev–Trinajstić information content (AvgIpc) is 3.10. The van der Waals surface area contributed by atoms with Crippen molar-refractivity contribution < 1.29 is 77.0 Å². The molecule has 24 N–H and O–H groups in total. The molecule has 338 valence electrons. The number of hydrogen-bond donors (Lipinski definition) is 16. The lowest BCUT2D eigenvalue weighted by Gasteiger charge is -2.26. The first-order valence-electron chi connectivity index (χ1n) is 17.2. The summed E-state index contributed by atoms with van der Waals surface area (Å²) in [5, 5.41) is 22.9. The highest BCUT2D eigenvalue weighted by molar-refractivity contribution is 6.01. The second-order valence-electron chi connectivity index (χ2n) is 12.8. The smallest absolute Gasteiger partial charge is 0.326 e. The zero-order valence-electron chi connectivity index (χ0n) is 31.9. The molecular weight excluding hydrogens is 826 g/mol. The lowest BCUT2D eigenvalue weighted by Crippen LogP contribution is -2.61. The van der Waals surface area contributed by atoms with Crippen LogP contribution < -0.4 is 83.1 Å². The van der Waals surface area contributed by atoms with Gasteiger partial charge >= 0.3 is 5.97 Å². The minimum atomic E-state index is -2.10. The van der Waals surface area contributed by atoms with E-state index in [0.29, 0.717) is 0 Å². The van der Waals surface area contributed by atoms with E-state index in [9.17, 15) is 71.9 Å². The Morgan fingerprint density at radius 2 is 0.590 bits per heavy atom. The molecule has 14 amide bonds. The number of carboxylic acid groups (broad SMARTS) is 1. The maximum Gasteiger partial charge on any atom is 0.326 e. The molecule has 61 heavy (non-hydrogen) atoms. The van der Waals surface area contributed by atoms with Gasteiger partial charge in [-0.25, -0.2) is 4.79 Å². The molecule has 0 aromatic heterocycles. The molecule has 0 rings (SSSR count). The molecule has 31 heteroatoms. The van der Waals surface area contributed by atoms with Crippen molar-refractivity contribution in [3.05, 3.63) is 0 Å². The predicted octanol–water partition coefficient (Wildman–Crippen LogP) is -12.4. The van der Waals surface area contributed by atoms with Crippen molar-refractivity contribution >= 4 is 88.7 Å². The number of primary amides is 7. The van der Waals surface area contributed by atoms with Crippen molar-refractivity contribution in [1.82, 2.24) is 37.2 Å². The second-order valence-corrected chi connectivity index (χ2v) is 12.8. The zero-order chi connectivity index (χ0) is 47.3. The summed E-state index contributed by atoms with van der Waals surface area (Å²) < 4.78 is 0. The molecule has 0 heterocycles. The number of carbonyl (C=O) groups is 15. The van der Waals surface area contributed by atoms with E-state index in [1.807, 2.05) is 37.2 Å². The fraction of sp³-hybridized carbons (Fsp3) is 0.500. The molecule has 31 nitrogen and oxygen atoms in total. The van der Waals surface area contributed by atoms with Crippen LogP contribution in [0.1, 0.15) is 44.9 Å². The first kappa shape index (κ1) is 53.0. The average molecular weight is 874 g/mol. The fourth-order valence-electron chi connectivity index (χ4n) is 4.67. The van der Waals surface area contributed by atoms with E-state index in [-0.39, 0.29) is 0 Å². The quantitative estimate of drug-likeness (QED) is 0.0332. The minimum Gasteiger partial charge on any atom is -0.480 e. The zero-order valence-corrected chi connectivity index (χ0v) is 31.9. The normalized spacial score (nSPS) is 13.9. The molecule has 0 aromatic rings. The van der Waals surface area contributed by atoms with Gasteiger partial charge in [-0.3, -0.25) is 67.1 Å². The predicted molar refractivity (Wildman–Crippen MR) is 197 cm³/mol. The van der Waals surface area contributed by atoms with Crippen LogP contribution in [0.2, 0.25) is 0 Å². The van der Waals surface area contributed by atoms with Crippen LogP contribution >= 0.6 is 0 Å². The van der Waals surface area contributed by atoms with Crippen molar-refractivity contribution in [2.45, 2.75) is 87.2 Å². The molecule has 0 bridgehead atoms. The van der Waals surface area contributed by atoms with Crippen LogP contribution in [0.25, 0.3) is 0 Å². The van der Waals surface area contributed by atoms with Crippen LogP contribution in [0.15, 0.2) is 0 Å². The number of nitrogens with one attached hydrogen (secondary N) is 7. The Balaban J connectivity index is 6.31. The van der Waals surface area contributed by atoms with Gasteiger partial charge in [-0.2, -0.15) is 0 Å². The third-order valence-electron chi connectivity index (χ3n) is 7.41. The standard InChI is InChI=1S/C30H47N15O16/c31-9(1-16(32)46)24(54)41-11(3-18(34)48)26(56)43-13(5-20(36)50)28(58)45-14(6-21(37)51)29(59)44-12(4-19(35)49)27(57)42-10(2-17(33)47)25(55)39-8-23(53)40-15(30(60)61)7-22(38)52/h9-15H,1-8,31H2,(H2,32,46)(H2,33,47)(H2,34,48)(H2,35,49)(H2,36,50)(H2,37,51)(H2,38,52)(H,39,55)(H,40,53)(H,41,54)(H,42,57)(H,43,56)(H,44,59)(H,45,58)(H,60,61)/t9-,10-,11-,12-,13-,14-,15-/m0/s1. The Kier molecular flexibility index (Phi) is 22.1. The van der Waals surface area contributed by atoms with Gasteiger partial charge in [0, 0.05) is 0 Å². The molecule has 0 saturated heterocycles. The topological polar surface area (TPSA) is 569 Å². The molecule has 0 aliphatic heterocycles. The third kappa shape index (κ3) is 21.9. The summed E-state index contributed by atoms with van der Waals surface area (Å²) in [4.78, 5) is 183. The maximum absolute atomic E-state index is 13.4. The number of aliphatic carboxylic acids is 1. The highest BCUT2D eigenvalue weighted by atomic mass is 16.4. The fourth-order valence-corrected chi connectivity index (χ4v) is 4.67. The molecule has 0 saturated carbocycles. The highest BCUT2D eigenvalue weighted by Gasteiger charge is 2.35. The lowest BCUT2D eigenvalue weighted by atomic mass is 10.1. The molecule has 0 radical (unpaired) electrons. The van der Waals surface area contributed by atoms with Crippen LogP contribution in [0.3, 0.4) is 0 Å². The summed E-state index contributed by atoms with van der Waals surface area (Å²) in [6.07, 6.45) is -6.60. The van der Waals surface area contributed by atoms with Gasteiger partial charge in [0.15, 0.2) is 0 Å². The Hall–Kier alpha value is -7.99. The van der Waals surface area contributed by atoms with Crippen molar-refractivity contribution in [2.24, 2.45) is 45.9 Å². The number of carboxylic acids is 1. The molecule has 0 aliphatic rings. The van der Waals surface area contributed by atoms with Crippen molar-refractivity contribution in [1.29, 1.82) is 0 Å². The summed E-state index contributed by atoms with van der Waals surface area (Å²) >= 11 is 0. The van der Waals surface area contributed by atoms with E-state index < -0.39 is 182 Å². The Bertz CT molecular complexity index is 1790. The monoisotopic (exact) mass is 873 g/mol. The summed E-state index contributed by atoms with van der Waals surface area (Å²) in [7, 11) is 0. The van der Waals surface area contributed by atoms with Gasteiger partial charge in [0.2, 0.25) is 82.7 Å². The Morgan fingerprint density at radius 1 is 0.344 bits per heavy atom. The maximum atomic E-state index is 13.4. The molecule has 0 fully saturated rings. The van der Waals surface area contributed by atoms with Gasteiger partial charge in [-0.05, 0) is 0 Å². The van der Waals surface area contributed by atoms with Crippen molar-refractivity contribution in [2.75, 3.05) is 6.54 Å². The van der Waals surface area contributed by atoms with E-state index in [1.54, 1.807) is 0 Å². The summed E-state index contributed by atoms with van der Waals surface area (Å²) in [6.45, 7) is -0.995. The Morgan fingerprint density at radius 3 is 0.852 bits per heavy atom. The van der Waals surface area contributed by atoms with Gasteiger partial charge in [0.05, 0.1) is 57.5 Å². The molecule has 0 aromatic carbocycles. The molecule has 7 atom stereocenters. The number of carbonyl (C=O) groups excluding carboxylic acids is 14. The van der Waals surface area contributed by atoms with E-state index in [0.717, 1.165) is 0 Å². The SMILES string of the molecule is NC(=O)C[C@H](NC(=O)CNC(=O)[C@H](CC(N)=O)NC(=O)[C@H](CC(N)=O)NC(=O)[C@H](CC(N)=O)NC(=O)[C@H](CC(N)=O)NC(=O)[C@H](CC(N)=O)NC(=O)[C@@H](N)CC(N)=O)C(=O)O. The van der Waals surface area contributed by atoms with Crippen LogP contribution in [-0.4, -0.2) is 143 Å². The molecule has 0 aliphatic carbocycles. The van der Waals surface area contributed by atoms with E-state index in [4.69, 9.17) is 51.0 Å². The lowest BCUT2D eigenvalue weighted by molar-refractivity contribution is -0.143. The summed E-state index contributed by atoms with van der Waals surface area (Å²) in [5.74, 6) is -19.4. The van der Waals surface area contributed by atoms with Crippen molar-refractivity contribution in [3.8, 4) is 0 Å². The largest absolute Gasteiger partial charge is 0.480 e. The number of hydrogen-bond acceptors (Lipinski definition) is 16. The number of nitrogens with two attached hydrogens (primary N) is 8. The van der Waals surface area contributed by atoms with Crippen LogP contribution in [-0.2, 0) is 71.9 Å². The van der Waals surface area contributed by atoms with E-state index in [1.165, 1.54) is 0 Å². The first-order valence-corrected chi connectivity index (χ1v) is 17.2. The van der Waals surface area contributed by atoms with Crippen LogP contribution in [0, 0.1) is 0 Å². The van der Waals surface area contributed by atoms with Crippen molar-refractivity contribution in [3.63, 3.8) is 0 Å². The van der Waals surface area contributed by atoms with Gasteiger partial charge in [-0.1, -0.05) is 0 Å². The highest BCUT2D eigenvalue weighted by Crippen LogP contribution is 2.04. The minimum absolute atomic E-state index is 0.697. The Labute approximate surface area is 342 Å². The summed E-state index contributed by atoms with van der Waals surface area (Å²) in [5.41, 5.74) is 41.3. The van der Waals surface area contributed by atoms with E-state index >= 15 is 0 Å². The third-order valence-corrected chi connectivity index (χ3v) is 7.41. The molecule has 0 spiro atoms. The number of amides is 14. The number of rotatable bonds is 29. The van der Waals surface area contributed by atoms with Gasteiger partial charge < -0.3 is 88.2 Å². The van der Waals surface area contributed by atoms with Crippen LogP contribution in [0.4, 0.5) is 0 Å². The summed E-state index contributed by atoms with van der Waals surface area (Å²) in [6, 6.07) is -13.5. The first-order chi connectivity index (χ1) is 28.1. The van der Waals surface area contributed by atoms with Gasteiger partial charge in [0.25, 0.3) is 0 Å². The second kappa shape index (κ2) is 25.4. The van der Waals surface area contributed by atoms with Gasteiger partial charge in [-0.15, -0.1) is 0 Å². The van der Waals surface area contributed by atoms with E-state index in [2.05, 4.69) is 0 Å². The molecular formula is C30H47N15O16. The molecule has 0 unspecified atom stereocenters. The van der Waals surface area contributed by atoms with Crippen LogP contribution in [0.5, 0.6) is 0 Å².